The van der Waals surface area contributed by atoms with Crippen molar-refractivity contribution in [2.45, 2.75) is 59.0 Å². The van der Waals surface area contributed by atoms with Gasteiger partial charge in [0.05, 0.1) is 12.6 Å². The molecule has 1 aromatic rings. The molecule has 1 aromatic carbocycles. The minimum Gasteiger partial charge on any atom is -0.494 e. The van der Waals surface area contributed by atoms with E-state index in [1.54, 1.807) is 0 Å². The zero-order valence-corrected chi connectivity index (χ0v) is 15.5. The predicted molar refractivity (Wildman–Crippen MR) is 98.1 cm³/mol. The van der Waals surface area contributed by atoms with Crippen LogP contribution >= 0.6 is 12.4 Å². The van der Waals surface area contributed by atoms with Crippen molar-refractivity contribution in [3.8, 4) is 5.75 Å². The number of benzene rings is 1. The van der Waals surface area contributed by atoms with Crippen LogP contribution in [0, 0.1) is 5.92 Å². The molecule has 0 aliphatic carbocycles. The number of nitrogens with two attached hydrogens (primary N) is 1. The second-order valence-corrected chi connectivity index (χ2v) is 6.41. The van der Waals surface area contributed by atoms with Gasteiger partial charge in [-0.15, -0.1) is 12.4 Å². The Morgan fingerprint density at radius 2 is 1.74 bits per heavy atom. The van der Waals surface area contributed by atoms with Gasteiger partial charge in [-0.2, -0.15) is 0 Å². The van der Waals surface area contributed by atoms with Crippen molar-refractivity contribution in [1.29, 1.82) is 0 Å². The lowest BCUT2D eigenvalue weighted by Crippen LogP contribution is -2.28. The Morgan fingerprint density at radius 1 is 1.13 bits per heavy atom. The number of halogens is 1. The predicted octanol–water partition coefficient (Wildman–Crippen LogP) is 3.84. The van der Waals surface area contributed by atoms with Crippen LogP contribution in [0.3, 0.4) is 0 Å². The fourth-order valence-corrected chi connectivity index (χ4v) is 2.02. The largest absolute Gasteiger partial charge is 0.494 e. The van der Waals surface area contributed by atoms with E-state index in [9.17, 15) is 4.79 Å². The molecule has 0 saturated carbocycles. The van der Waals surface area contributed by atoms with E-state index < -0.39 is 0 Å². The third-order valence-corrected chi connectivity index (χ3v) is 3.55. The molecule has 1 rings (SSSR count). The van der Waals surface area contributed by atoms with Gasteiger partial charge in [-0.25, -0.2) is 0 Å². The van der Waals surface area contributed by atoms with Crippen LogP contribution in [-0.4, -0.2) is 18.6 Å². The standard InChI is InChI=1S/C18H30N2O2.ClH/c1-13(2)11-12-22-17-8-6-16(7-9-17)15(4)20-18(21)10-5-14(3)19;/h6-9,13-15H,5,10-12,19H2,1-4H3,(H,20,21);1H. The van der Waals surface area contributed by atoms with Crippen LogP contribution < -0.4 is 15.8 Å². The molecule has 132 valence electrons. The summed E-state index contributed by atoms with van der Waals surface area (Å²) in [7, 11) is 0. The van der Waals surface area contributed by atoms with Crippen molar-refractivity contribution in [1.82, 2.24) is 5.32 Å². The Labute approximate surface area is 146 Å². The van der Waals surface area contributed by atoms with Crippen LogP contribution in [0.1, 0.15) is 58.6 Å². The molecule has 0 saturated heterocycles. The zero-order valence-electron chi connectivity index (χ0n) is 14.7. The molecular weight excluding hydrogens is 312 g/mol. The first kappa shape index (κ1) is 21.7. The highest BCUT2D eigenvalue weighted by molar-refractivity contribution is 5.85. The average molecular weight is 343 g/mol. The third kappa shape index (κ3) is 9.47. The Morgan fingerprint density at radius 3 is 2.26 bits per heavy atom. The summed E-state index contributed by atoms with van der Waals surface area (Å²) in [6.07, 6.45) is 2.23. The maximum absolute atomic E-state index is 11.8. The topological polar surface area (TPSA) is 64.3 Å². The first-order chi connectivity index (χ1) is 10.4. The third-order valence-electron chi connectivity index (χ3n) is 3.55. The fraction of sp³-hybridized carbons (Fsp3) is 0.611. The second kappa shape index (κ2) is 11.3. The second-order valence-electron chi connectivity index (χ2n) is 6.41. The van der Waals surface area contributed by atoms with Gasteiger partial charge < -0.3 is 15.8 Å². The summed E-state index contributed by atoms with van der Waals surface area (Å²) in [5, 5.41) is 2.99. The minimum absolute atomic E-state index is 0. The Bertz CT molecular complexity index is 447. The Balaban J connectivity index is 0.00000484. The first-order valence-corrected chi connectivity index (χ1v) is 8.16. The molecule has 0 bridgehead atoms. The number of ether oxygens (including phenoxy) is 1. The lowest BCUT2D eigenvalue weighted by molar-refractivity contribution is -0.121. The molecule has 3 N–H and O–H groups in total. The number of hydrogen-bond acceptors (Lipinski definition) is 3. The van der Waals surface area contributed by atoms with Crippen molar-refractivity contribution in [2.75, 3.05) is 6.61 Å². The molecule has 2 unspecified atom stereocenters. The summed E-state index contributed by atoms with van der Waals surface area (Å²) in [4.78, 5) is 11.8. The minimum atomic E-state index is -0.00899. The summed E-state index contributed by atoms with van der Waals surface area (Å²) < 4.78 is 5.70. The summed E-state index contributed by atoms with van der Waals surface area (Å²) >= 11 is 0. The molecule has 0 aromatic heterocycles. The molecule has 0 aliphatic rings. The molecule has 0 radical (unpaired) electrons. The molecular formula is C18H31ClN2O2. The quantitative estimate of drug-likeness (QED) is 0.716. The van der Waals surface area contributed by atoms with Gasteiger partial charge in [0.15, 0.2) is 0 Å². The van der Waals surface area contributed by atoms with E-state index in [0.717, 1.165) is 24.3 Å². The molecule has 0 spiro atoms. The van der Waals surface area contributed by atoms with Gasteiger partial charge in [0.25, 0.3) is 0 Å². The van der Waals surface area contributed by atoms with Gasteiger partial charge in [-0.3, -0.25) is 4.79 Å². The van der Waals surface area contributed by atoms with Gasteiger partial charge in [0, 0.05) is 12.5 Å². The van der Waals surface area contributed by atoms with Gasteiger partial charge in [0.2, 0.25) is 5.91 Å². The van der Waals surface area contributed by atoms with Crippen molar-refractivity contribution >= 4 is 18.3 Å². The van der Waals surface area contributed by atoms with E-state index in [4.69, 9.17) is 10.5 Å². The number of carbonyl (C=O) groups is 1. The van der Waals surface area contributed by atoms with Crippen LogP contribution in [-0.2, 0) is 4.79 Å². The van der Waals surface area contributed by atoms with Gasteiger partial charge in [0.1, 0.15) is 5.75 Å². The number of nitrogens with one attached hydrogen (secondary N) is 1. The highest BCUT2D eigenvalue weighted by Crippen LogP contribution is 2.18. The Kier molecular flexibility index (Phi) is 10.7. The van der Waals surface area contributed by atoms with Crippen LogP contribution in [0.2, 0.25) is 0 Å². The molecule has 1 amide bonds. The van der Waals surface area contributed by atoms with E-state index in [0.29, 0.717) is 18.8 Å². The van der Waals surface area contributed by atoms with Crippen LogP contribution in [0.4, 0.5) is 0 Å². The van der Waals surface area contributed by atoms with Crippen molar-refractivity contribution in [3.63, 3.8) is 0 Å². The molecule has 5 heteroatoms. The smallest absolute Gasteiger partial charge is 0.220 e. The fourth-order valence-electron chi connectivity index (χ4n) is 2.02. The molecule has 4 nitrogen and oxygen atoms in total. The number of hydrogen-bond donors (Lipinski definition) is 2. The normalized spacial score (nSPS) is 13.1. The maximum atomic E-state index is 11.8. The van der Waals surface area contributed by atoms with E-state index in [-0.39, 0.29) is 30.4 Å². The SMILES string of the molecule is CC(C)CCOc1ccc(C(C)NC(=O)CCC(C)N)cc1.Cl. The van der Waals surface area contributed by atoms with Gasteiger partial charge in [-0.05, 0) is 50.3 Å². The molecule has 2 atom stereocenters. The maximum Gasteiger partial charge on any atom is 0.220 e. The lowest BCUT2D eigenvalue weighted by Gasteiger charge is -2.15. The van der Waals surface area contributed by atoms with Crippen LogP contribution in [0.5, 0.6) is 5.75 Å². The van der Waals surface area contributed by atoms with Crippen LogP contribution in [0.25, 0.3) is 0 Å². The number of amides is 1. The number of carbonyl (C=O) groups excluding carboxylic acids is 1. The van der Waals surface area contributed by atoms with Crippen LogP contribution in [0.15, 0.2) is 24.3 Å². The van der Waals surface area contributed by atoms with Crippen molar-refractivity contribution < 1.29 is 9.53 Å². The highest BCUT2D eigenvalue weighted by Gasteiger charge is 2.10. The monoisotopic (exact) mass is 342 g/mol. The lowest BCUT2D eigenvalue weighted by atomic mass is 10.1. The average Bonchev–Trinajstić information content (AvgIpc) is 2.45. The Hall–Kier alpha value is -1.26. The van der Waals surface area contributed by atoms with E-state index in [1.165, 1.54) is 0 Å². The summed E-state index contributed by atoms with van der Waals surface area (Å²) in [5.74, 6) is 1.56. The summed E-state index contributed by atoms with van der Waals surface area (Å²) in [5.41, 5.74) is 6.74. The van der Waals surface area contributed by atoms with Gasteiger partial charge in [-0.1, -0.05) is 26.0 Å². The van der Waals surface area contributed by atoms with E-state index in [2.05, 4.69) is 19.2 Å². The van der Waals surface area contributed by atoms with E-state index >= 15 is 0 Å². The first-order valence-electron chi connectivity index (χ1n) is 8.16. The summed E-state index contributed by atoms with van der Waals surface area (Å²) in [6, 6.07) is 7.97. The zero-order chi connectivity index (χ0) is 16.5. The molecule has 23 heavy (non-hydrogen) atoms. The number of rotatable bonds is 9. The summed E-state index contributed by atoms with van der Waals surface area (Å²) in [6.45, 7) is 9.00. The highest BCUT2D eigenvalue weighted by atomic mass is 35.5. The molecule has 0 fully saturated rings. The molecule has 0 heterocycles. The van der Waals surface area contributed by atoms with E-state index in [1.807, 2.05) is 38.1 Å². The molecule has 0 aliphatic heterocycles. The van der Waals surface area contributed by atoms with Crippen molar-refractivity contribution in [3.05, 3.63) is 29.8 Å². The van der Waals surface area contributed by atoms with Gasteiger partial charge >= 0.3 is 0 Å². The van der Waals surface area contributed by atoms with Crippen molar-refractivity contribution in [2.24, 2.45) is 11.7 Å².